The number of aromatic nitrogens is 1. The van der Waals surface area contributed by atoms with E-state index < -0.39 is 8.07 Å². The van der Waals surface area contributed by atoms with Crippen LogP contribution in [-0.2, 0) is 17.9 Å². The number of ether oxygens (including phenoxy) is 1. The van der Waals surface area contributed by atoms with E-state index in [-0.39, 0.29) is 18.3 Å². The summed E-state index contributed by atoms with van der Waals surface area (Å²) in [6.07, 6.45) is 2.86. The summed E-state index contributed by atoms with van der Waals surface area (Å²) >= 11 is 3.35. The van der Waals surface area contributed by atoms with Crippen LogP contribution in [0.1, 0.15) is 28.9 Å². The van der Waals surface area contributed by atoms with Gasteiger partial charge in [0.2, 0.25) is 0 Å². The zero-order chi connectivity index (χ0) is 19.8. The fourth-order valence-corrected chi connectivity index (χ4v) is 4.78. The van der Waals surface area contributed by atoms with Crippen LogP contribution >= 0.6 is 15.9 Å². The van der Waals surface area contributed by atoms with Crippen molar-refractivity contribution in [2.45, 2.75) is 51.7 Å². The monoisotopic (exact) mass is 453 g/mol. The lowest BCUT2D eigenvalue weighted by molar-refractivity contribution is 0.0881. The molecule has 1 N–H and O–H groups in total. The Labute approximate surface area is 168 Å². The molecule has 0 saturated heterocycles. The Morgan fingerprint density at radius 1 is 1.33 bits per heavy atom. The molecule has 0 aliphatic heterocycles. The van der Waals surface area contributed by atoms with Gasteiger partial charge >= 0.3 is 0 Å². The third-order valence-corrected chi connectivity index (χ3v) is 7.43. The van der Waals surface area contributed by atoms with Gasteiger partial charge in [-0.25, -0.2) is 4.39 Å². The fourth-order valence-electron chi connectivity index (χ4n) is 3.46. The lowest BCUT2D eigenvalue weighted by Crippen LogP contribution is -2.22. The first-order valence-corrected chi connectivity index (χ1v) is 13.7. The molecule has 0 unspecified atom stereocenters. The topological polar surface area (TPSA) is 51.5 Å². The molecule has 0 spiro atoms. The SMILES string of the molecule is C[Si](C)(C)CCOCn1c2c(c3ccc(F)c(Br)c31)C(=O)C(=CO)CCC2. The maximum Gasteiger partial charge on any atom is 0.194 e. The minimum atomic E-state index is -1.21. The van der Waals surface area contributed by atoms with Gasteiger partial charge in [-0.15, -0.1) is 0 Å². The summed E-state index contributed by atoms with van der Waals surface area (Å²) in [5.41, 5.74) is 2.44. The maximum absolute atomic E-state index is 14.2. The quantitative estimate of drug-likeness (QED) is 0.204. The van der Waals surface area contributed by atoms with Gasteiger partial charge in [-0.05, 0) is 53.4 Å². The van der Waals surface area contributed by atoms with E-state index >= 15 is 0 Å². The Bertz CT molecular complexity index is 914. The molecule has 0 bridgehead atoms. The van der Waals surface area contributed by atoms with Crippen molar-refractivity contribution in [3.05, 3.63) is 45.5 Å². The van der Waals surface area contributed by atoms with E-state index in [1.165, 1.54) is 6.07 Å². The van der Waals surface area contributed by atoms with E-state index in [0.29, 0.717) is 46.0 Å². The molecule has 1 aliphatic carbocycles. The average molecular weight is 454 g/mol. The van der Waals surface area contributed by atoms with Gasteiger partial charge < -0.3 is 14.4 Å². The maximum atomic E-state index is 14.2. The summed E-state index contributed by atoms with van der Waals surface area (Å²) in [6.45, 7) is 7.80. The van der Waals surface area contributed by atoms with Gasteiger partial charge in [0.25, 0.3) is 0 Å². The van der Waals surface area contributed by atoms with Crippen LogP contribution in [0.4, 0.5) is 4.39 Å². The highest BCUT2D eigenvalue weighted by Crippen LogP contribution is 2.37. The van der Waals surface area contributed by atoms with Crippen molar-refractivity contribution in [3.63, 3.8) is 0 Å². The minimum Gasteiger partial charge on any atom is -0.515 e. The van der Waals surface area contributed by atoms with Gasteiger partial charge in [0, 0.05) is 31.3 Å². The Morgan fingerprint density at radius 3 is 2.74 bits per heavy atom. The number of rotatable bonds is 5. The molecule has 4 nitrogen and oxygen atoms in total. The lowest BCUT2D eigenvalue weighted by atomic mass is 10.0. The molecule has 1 heterocycles. The third-order valence-electron chi connectivity index (χ3n) is 4.97. The zero-order valence-electron chi connectivity index (χ0n) is 15.9. The van der Waals surface area contributed by atoms with Crippen LogP contribution in [0.3, 0.4) is 0 Å². The Hall–Kier alpha value is -1.44. The van der Waals surface area contributed by atoms with Gasteiger partial charge in [0.1, 0.15) is 12.5 Å². The molecule has 1 aromatic carbocycles. The average Bonchev–Trinajstić information content (AvgIpc) is 2.81. The molecule has 1 aromatic heterocycles. The van der Waals surface area contributed by atoms with E-state index in [1.807, 2.05) is 4.57 Å². The molecule has 7 heteroatoms. The molecule has 1 aliphatic rings. The lowest BCUT2D eigenvalue weighted by Gasteiger charge is -2.17. The van der Waals surface area contributed by atoms with E-state index in [4.69, 9.17) is 4.74 Å². The van der Waals surface area contributed by atoms with Crippen molar-refractivity contribution in [2.75, 3.05) is 6.61 Å². The van der Waals surface area contributed by atoms with Crippen LogP contribution in [0.2, 0.25) is 25.7 Å². The molecular formula is C20H25BrFNO3Si. The molecule has 146 valence electrons. The molecule has 3 rings (SSSR count). The van der Waals surface area contributed by atoms with E-state index in [1.54, 1.807) is 6.07 Å². The van der Waals surface area contributed by atoms with Crippen LogP contribution in [0, 0.1) is 5.82 Å². The van der Waals surface area contributed by atoms with Crippen molar-refractivity contribution in [3.8, 4) is 0 Å². The fraction of sp³-hybridized carbons (Fsp3) is 0.450. The number of carbonyl (C=O) groups is 1. The number of halogens is 2. The van der Waals surface area contributed by atoms with Crippen LogP contribution < -0.4 is 0 Å². The van der Waals surface area contributed by atoms with Gasteiger partial charge in [0.05, 0.1) is 21.8 Å². The van der Waals surface area contributed by atoms with Gasteiger partial charge in [-0.1, -0.05) is 19.6 Å². The van der Waals surface area contributed by atoms with Crippen molar-refractivity contribution < 1.29 is 19.0 Å². The van der Waals surface area contributed by atoms with E-state index in [2.05, 4.69) is 35.6 Å². The number of allylic oxidation sites excluding steroid dienone is 1. The highest BCUT2D eigenvalue weighted by Gasteiger charge is 2.29. The van der Waals surface area contributed by atoms with Gasteiger partial charge in [0.15, 0.2) is 5.78 Å². The van der Waals surface area contributed by atoms with Crippen molar-refractivity contribution in [2.24, 2.45) is 0 Å². The molecule has 2 aromatic rings. The van der Waals surface area contributed by atoms with Crippen LogP contribution in [-0.4, -0.2) is 30.1 Å². The number of nitrogens with zero attached hydrogens (tertiary/aromatic N) is 1. The molecule has 0 radical (unpaired) electrons. The molecule has 0 saturated carbocycles. The van der Waals surface area contributed by atoms with Crippen molar-refractivity contribution in [1.29, 1.82) is 0 Å². The van der Waals surface area contributed by atoms with Crippen molar-refractivity contribution >= 4 is 40.7 Å². The Kier molecular flexibility index (Phi) is 5.93. The number of ketones is 1. The second-order valence-corrected chi connectivity index (χ2v) is 14.6. The number of carbonyl (C=O) groups excluding carboxylic acids is 1. The standard InChI is InChI=1S/C20H25BrFNO3Si/c1-27(2,3)10-9-26-12-23-16-6-4-5-13(11-24)20(25)17(16)14-7-8-15(22)18(21)19(14)23/h7-8,11,24H,4-6,9-10,12H2,1-3H3. The number of hydrogen-bond donors (Lipinski definition) is 1. The summed E-state index contributed by atoms with van der Waals surface area (Å²) in [4.78, 5) is 13.0. The Morgan fingerprint density at radius 2 is 2.07 bits per heavy atom. The third kappa shape index (κ3) is 4.05. The van der Waals surface area contributed by atoms with Gasteiger partial charge in [-0.3, -0.25) is 4.79 Å². The highest BCUT2D eigenvalue weighted by atomic mass is 79.9. The molecule has 0 fully saturated rings. The Balaban J connectivity index is 2.08. The molecule has 27 heavy (non-hydrogen) atoms. The second-order valence-electron chi connectivity index (χ2n) is 8.19. The van der Waals surface area contributed by atoms with E-state index in [0.717, 1.165) is 24.4 Å². The molecular weight excluding hydrogens is 429 g/mol. The number of benzene rings is 1. The first-order chi connectivity index (χ1) is 12.7. The summed E-state index contributed by atoms with van der Waals surface area (Å²) in [5, 5.41) is 10.2. The molecule has 0 amide bonds. The largest absolute Gasteiger partial charge is 0.515 e. The number of fused-ring (bicyclic) bond motifs is 3. The predicted molar refractivity (Wildman–Crippen MR) is 112 cm³/mol. The first kappa shape index (κ1) is 20.3. The molecule has 0 atom stereocenters. The van der Waals surface area contributed by atoms with Crippen molar-refractivity contribution in [1.82, 2.24) is 4.57 Å². The minimum absolute atomic E-state index is 0.186. The van der Waals surface area contributed by atoms with Crippen LogP contribution in [0.25, 0.3) is 10.9 Å². The first-order valence-electron chi connectivity index (χ1n) is 9.19. The summed E-state index contributed by atoms with van der Waals surface area (Å²) in [6, 6.07) is 4.05. The van der Waals surface area contributed by atoms with Gasteiger partial charge in [-0.2, -0.15) is 0 Å². The number of Topliss-reactive ketones (excluding diaryl/α,β-unsaturated/α-hetero) is 1. The van der Waals surface area contributed by atoms with Crippen LogP contribution in [0.5, 0.6) is 0 Å². The predicted octanol–water partition coefficient (Wildman–Crippen LogP) is 5.82. The second kappa shape index (κ2) is 7.89. The smallest absolute Gasteiger partial charge is 0.194 e. The summed E-state index contributed by atoms with van der Waals surface area (Å²) < 4.78 is 22.4. The number of hydrogen-bond acceptors (Lipinski definition) is 3. The number of aliphatic hydroxyl groups excluding tert-OH is 1. The van der Waals surface area contributed by atoms with E-state index in [9.17, 15) is 14.3 Å². The van der Waals surface area contributed by atoms with Crippen LogP contribution in [0.15, 0.2) is 28.4 Å². The highest BCUT2D eigenvalue weighted by molar-refractivity contribution is 9.10. The number of aliphatic hydroxyl groups is 1. The summed E-state index contributed by atoms with van der Waals surface area (Å²) in [5.74, 6) is -0.557. The zero-order valence-corrected chi connectivity index (χ0v) is 18.5. The summed E-state index contributed by atoms with van der Waals surface area (Å²) in [7, 11) is -1.21. The normalized spacial score (nSPS) is 16.8.